The molecule has 1 aromatic rings. The lowest BCUT2D eigenvalue weighted by atomic mass is 10.2. The molecule has 3 N–H and O–H groups in total. The Morgan fingerprint density at radius 2 is 2.10 bits per heavy atom. The number of aromatic nitrogens is 2. The van der Waals surface area contributed by atoms with Crippen LogP contribution in [0.4, 0.5) is 4.79 Å². The van der Waals surface area contributed by atoms with E-state index in [1.165, 1.54) is 0 Å². The highest BCUT2D eigenvalue weighted by Gasteiger charge is 2.08. The number of carbonyl (C=O) groups excluding carboxylic acids is 2. The minimum Gasteiger partial charge on any atom is -0.481 e. The molecule has 0 spiro atoms. The van der Waals surface area contributed by atoms with Gasteiger partial charge in [-0.1, -0.05) is 0 Å². The first kappa shape index (κ1) is 15.7. The van der Waals surface area contributed by atoms with E-state index in [0.29, 0.717) is 13.0 Å². The van der Waals surface area contributed by atoms with Crippen LogP contribution in [0.5, 0.6) is 0 Å². The zero-order valence-electron chi connectivity index (χ0n) is 11.3. The Balaban J connectivity index is 2.13. The lowest BCUT2D eigenvalue weighted by Crippen LogP contribution is -2.40. The van der Waals surface area contributed by atoms with Gasteiger partial charge >= 0.3 is 12.0 Å². The average molecular weight is 282 g/mol. The number of imide groups is 1. The van der Waals surface area contributed by atoms with Gasteiger partial charge in [0.15, 0.2) is 0 Å². The fourth-order valence-corrected chi connectivity index (χ4v) is 1.55. The van der Waals surface area contributed by atoms with Crippen molar-refractivity contribution >= 4 is 17.9 Å². The van der Waals surface area contributed by atoms with Gasteiger partial charge in [0.1, 0.15) is 0 Å². The van der Waals surface area contributed by atoms with Crippen LogP contribution in [0.2, 0.25) is 0 Å². The minimum atomic E-state index is -0.960. The number of nitrogens with zero attached hydrogens (tertiary/aromatic N) is 2. The molecule has 0 unspecified atom stereocenters. The standard InChI is InChI=1S/C12H18N4O4/c1-16-8-9(7-14-16)5-6-13-12(20)15-10(17)3-2-4-11(18)19/h7-8H,2-6H2,1H3,(H,18,19)(H2,13,15,17,20). The predicted molar refractivity (Wildman–Crippen MR) is 69.9 cm³/mol. The molecule has 110 valence electrons. The van der Waals surface area contributed by atoms with Crippen molar-refractivity contribution in [2.75, 3.05) is 6.54 Å². The first-order valence-electron chi connectivity index (χ1n) is 6.24. The van der Waals surface area contributed by atoms with Gasteiger partial charge in [0.2, 0.25) is 5.91 Å². The largest absolute Gasteiger partial charge is 0.481 e. The monoisotopic (exact) mass is 282 g/mol. The summed E-state index contributed by atoms with van der Waals surface area (Å²) < 4.78 is 1.67. The normalized spacial score (nSPS) is 10.1. The second kappa shape index (κ2) is 7.93. The Bertz CT molecular complexity index is 484. The number of urea groups is 1. The van der Waals surface area contributed by atoms with Crippen molar-refractivity contribution in [1.29, 1.82) is 0 Å². The molecule has 0 aromatic carbocycles. The minimum absolute atomic E-state index is 0.0162. The lowest BCUT2D eigenvalue weighted by molar-refractivity contribution is -0.137. The molecule has 0 saturated carbocycles. The summed E-state index contributed by atoms with van der Waals surface area (Å²) >= 11 is 0. The number of carbonyl (C=O) groups is 3. The van der Waals surface area contributed by atoms with Crippen molar-refractivity contribution < 1.29 is 19.5 Å². The van der Waals surface area contributed by atoms with Crippen LogP contribution in [-0.2, 0) is 23.1 Å². The number of nitrogens with one attached hydrogen (secondary N) is 2. The maximum atomic E-state index is 11.4. The summed E-state index contributed by atoms with van der Waals surface area (Å²) in [6.45, 7) is 0.389. The van der Waals surface area contributed by atoms with Crippen LogP contribution in [0, 0.1) is 0 Å². The second-order valence-electron chi connectivity index (χ2n) is 4.32. The van der Waals surface area contributed by atoms with Crippen molar-refractivity contribution in [1.82, 2.24) is 20.4 Å². The van der Waals surface area contributed by atoms with E-state index in [2.05, 4.69) is 15.7 Å². The maximum absolute atomic E-state index is 11.4. The zero-order valence-corrected chi connectivity index (χ0v) is 11.3. The topological polar surface area (TPSA) is 113 Å². The summed E-state index contributed by atoms with van der Waals surface area (Å²) in [7, 11) is 1.80. The van der Waals surface area contributed by atoms with Crippen LogP contribution in [0.1, 0.15) is 24.8 Å². The average Bonchev–Trinajstić information content (AvgIpc) is 2.74. The van der Waals surface area contributed by atoms with Crippen LogP contribution in [0.25, 0.3) is 0 Å². The molecule has 0 saturated heterocycles. The summed E-state index contributed by atoms with van der Waals surface area (Å²) in [5.74, 6) is -1.44. The summed E-state index contributed by atoms with van der Waals surface area (Å²) in [6.07, 6.45) is 4.31. The number of amides is 3. The van der Waals surface area contributed by atoms with Crippen LogP contribution >= 0.6 is 0 Å². The Kier molecular flexibility index (Phi) is 6.21. The van der Waals surface area contributed by atoms with Gasteiger partial charge in [-0.25, -0.2) is 4.79 Å². The quantitative estimate of drug-likeness (QED) is 0.653. The van der Waals surface area contributed by atoms with Gasteiger partial charge in [0.25, 0.3) is 0 Å². The SMILES string of the molecule is Cn1cc(CCNC(=O)NC(=O)CCCC(=O)O)cn1. The molecular weight excluding hydrogens is 264 g/mol. The number of aliphatic carboxylic acids is 1. The predicted octanol–water partition coefficient (Wildman–Crippen LogP) is 0.0433. The molecule has 0 bridgehead atoms. The number of rotatable bonds is 7. The first-order chi connectivity index (χ1) is 9.47. The van der Waals surface area contributed by atoms with Gasteiger partial charge in [-0.2, -0.15) is 5.10 Å². The van der Waals surface area contributed by atoms with Crippen molar-refractivity contribution in [3.63, 3.8) is 0 Å². The maximum Gasteiger partial charge on any atom is 0.321 e. The molecule has 0 fully saturated rings. The van der Waals surface area contributed by atoms with Crippen molar-refractivity contribution in [3.8, 4) is 0 Å². The fraction of sp³-hybridized carbons (Fsp3) is 0.500. The van der Waals surface area contributed by atoms with E-state index in [9.17, 15) is 14.4 Å². The number of aryl methyl sites for hydroxylation is 1. The smallest absolute Gasteiger partial charge is 0.321 e. The Hall–Kier alpha value is -2.38. The fourth-order valence-electron chi connectivity index (χ4n) is 1.55. The van der Waals surface area contributed by atoms with Gasteiger partial charge in [0.05, 0.1) is 6.20 Å². The van der Waals surface area contributed by atoms with Gasteiger partial charge in [-0.15, -0.1) is 0 Å². The summed E-state index contributed by atoms with van der Waals surface area (Å²) in [6, 6.07) is -0.575. The zero-order chi connectivity index (χ0) is 15.0. The van der Waals surface area contributed by atoms with Crippen LogP contribution in [0.3, 0.4) is 0 Å². The van der Waals surface area contributed by atoms with Crippen LogP contribution in [-0.4, -0.2) is 39.3 Å². The van der Waals surface area contributed by atoms with Crippen LogP contribution in [0.15, 0.2) is 12.4 Å². The number of hydrogen-bond acceptors (Lipinski definition) is 4. The second-order valence-corrected chi connectivity index (χ2v) is 4.32. The highest BCUT2D eigenvalue weighted by molar-refractivity contribution is 5.94. The van der Waals surface area contributed by atoms with Crippen molar-refractivity contribution in [2.45, 2.75) is 25.7 Å². The third kappa shape index (κ3) is 6.53. The van der Waals surface area contributed by atoms with E-state index in [1.807, 2.05) is 6.20 Å². The molecule has 1 heterocycles. The van der Waals surface area contributed by atoms with Crippen molar-refractivity contribution in [3.05, 3.63) is 18.0 Å². The molecule has 0 aliphatic rings. The summed E-state index contributed by atoms with van der Waals surface area (Å²) in [5, 5.41) is 17.1. The van der Waals surface area contributed by atoms with E-state index in [0.717, 1.165) is 5.56 Å². The molecular formula is C12H18N4O4. The molecule has 8 heteroatoms. The van der Waals surface area contributed by atoms with Gasteiger partial charge in [0, 0.05) is 32.6 Å². The third-order valence-electron chi connectivity index (χ3n) is 2.51. The Labute approximate surface area is 116 Å². The first-order valence-corrected chi connectivity index (χ1v) is 6.24. The molecule has 0 aliphatic carbocycles. The highest BCUT2D eigenvalue weighted by atomic mass is 16.4. The third-order valence-corrected chi connectivity index (χ3v) is 2.51. The number of hydrogen-bond donors (Lipinski definition) is 3. The summed E-state index contributed by atoms with van der Waals surface area (Å²) in [4.78, 5) is 32.9. The van der Waals surface area contributed by atoms with Gasteiger partial charge < -0.3 is 10.4 Å². The van der Waals surface area contributed by atoms with Crippen molar-refractivity contribution in [2.24, 2.45) is 7.05 Å². The van der Waals surface area contributed by atoms with E-state index in [-0.39, 0.29) is 19.3 Å². The molecule has 20 heavy (non-hydrogen) atoms. The van der Waals surface area contributed by atoms with E-state index >= 15 is 0 Å². The number of carboxylic acids is 1. The highest BCUT2D eigenvalue weighted by Crippen LogP contribution is 1.96. The van der Waals surface area contributed by atoms with Gasteiger partial charge in [-0.3, -0.25) is 19.6 Å². The molecule has 0 atom stereocenters. The Morgan fingerprint density at radius 3 is 2.70 bits per heavy atom. The van der Waals surface area contributed by atoms with E-state index in [1.54, 1.807) is 17.9 Å². The number of carboxylic acid groups (broad SMARTS) is 1. The van der Waals surface area contributed by atoms with E-state index < -0.39 is 17.9 Å². The van der Waals surface area contributed by atoms with Crippen LogP contribution < -0.4 is 10.6 Å². The molecule has 1 aromatic heterocycles. The Morgan fingerprint density at radius 1 is 1.35 bits per heavy atom. The lowest BCUT2D eigenvalue weighted by Gasteiger charge is -2.05. The molecule has 3 amide bonds. The molecule has 1 rings (SSSR count). The molecule has 8 nitrogen and oxygen atoms in total. The molecule has 0 radical (unpaired) electrons. The molecule has 0 aliphatic heterocycles. The van der Waals surface area contributed by atoms with E-state index in [4.69, 9.17) is 5.11 Å². The summed E-state index contributed by atoms with van der Waals surface area (Å²) in [5.41, 5.74) is 0.987. The van der Waals surface area contributed by atoms with Gasteiger partial charge in [-0.05, 0) is 18.4 Å².